The van der Waals surface area contributed by atoms with Gasteiger partial charge in [-0.1, -0.05) is 43.1 Å². The SMILES string of the molecule is CC(C)=CCCCCC/C=C/[C@H]1CCC(=O)[C@@H]1CCCCC(O)C(C)(O)C(=O)O. The summed E-state index contributed by atoms with van der Waals surface area (Å²) in [6.07, 6.45) is 15.1. The molecule has 1 saturated carbocycles. The zero-order valence-corrected chi connectivity index (χ0v) is 18.4. The van der Waals surface area contributed by atoms with Crippen LogP contribution in [0.5, 0.6) is 0 Å². The van der Waals surface area contributed by atoms with E-state index in [-0.39, 0.29) is 12.3 Å². The van der Waals surface area contributed by atoms with E-state index < -0.39 is 17.7 Å². The maximum atomic E-state index is 12.2. The lowest BCUT2D eigenvalue weighted by atomic mass is 9.88. The molecule has 0 saturated heterocycles. The number of allylic oxidation sites excluding steroid dienone is 4. The zero-order valence-electron chi connectivity index (χ0n) is 18.4. The Morgan fingerprint density at radius 1 is 1.17 bits per heavy atom. The first kappa shape index (κ1) is 25.6. The lowest BCUT2D eigenvalue weighted by Gasteiger charge is -2.24. The Hall–Kier alpha value is -1.46. The molecule has 0 radical (unpaired) electrons. The lowest BCUT2D eigenvalue weighted by Crippen LogP contribution is -2.46. The Bertz CT molecular complexity index is 572. The molecule has 29 heavy (non-hydrogen) atoms. The van der Waals surface area contributed by atoms with Crippen LogP contribution in [0.15, 0.2) is 23.8 Å². The summed E-state index contributed by atoms with van der Waals surface area (Å²) in [6, 6.07) is 0. The first-order valence-corrected chi connectivity index (χ1v) is 11.1. The molecule has 0 amide bonds. The second-order valence-corrected chi connectivity index (χ2v) is 8.88. The average Bonchev–Trinajstić information content (AvgIpc) is 3.00. The van der Waals surface area contributed by atoms with Crippen molar-refractivity contribution in [3.8, 4) is 0 Å². The van der Waals surface area contributed by atoms with Gasteiger partial charge in [-0.05, 0) is 71.6 Å². The van der Waals surface area contributed by atoms with Crippen molar-refractivity contribution in [3.63, 3.8) is 0 Å². The maximum absolute atomic E-state index is 12.2. The minimum absolute atomic E-state index is 0.0426. The summed E-state index contributed by atoms with van der Waals surface area (Å²) in [6.45, 7) is 5.37. The summed E-state index contributed by atoms with van der Waals surface area (Å²) in [5.41, 5.74) is -0.747. The van der Waals surface area contributed by atoms with E-state index in [2.05, 4.69) is 32.1 Å². The monoisotopic (exact) mass is 408 g/mol. The molecular weight excluding hydrogens is 368 g/mol. The molecule has 0 spiro atoms. The van der Waals surface area contributed by atoms with Crippen LogP contribution in [0.25, 0.3) is 0 Å². The average molecular weight is 409 g/mol. The van der Waals surface area contributed by atoms with E-state index in [9.17, 15) is 19.8 Å². The van der Waals surface area contributed by atoms with E-state index in [4.69, 9.17) is 5.11 Å². The van der Waals surface area contributed by atoms with E-state index in [1.165, 1.54) is 24.8 Å². The minimum atomic E-state index is -2.12. The Morgan fingerprint density at radius 2 is 1.86 bits per heavy atom. The molecule has 166 valence electrons. The van der Waals surface area contributed by atoms with Gasteiger partial charge in [-0.2, -0.15) is 0 Å². The number of unbranched alkanes of at least 4 members (excludes halogenated alkanes) is 5. The largest absolute Gasteiger partial charge is 0.479 e. The van der Waals surface area contributed by atoms with E-state index >= 15 is 0 Å². The number of aliphatic hydroxyl groups excluding tert-OH is 1. The van der Waals surface area contributed by atoms with Crippen LogP contribution in [0.4, 0.5) is 0 Å². The van der Waals surface area contributed by atoms with Crippen molar-refractivity contribution >= 4 is 11.8 Å². The number of rotatable bonds is 14. The molecule has 0 heterocycles. The fraction of sp³-hybridized carbons (Fsp3) is 0.750. The van der Waals surface area contributed by atoms with Gasteiger partial charge in [0.1, 0.15) is 5.78 Å². The number of aliphatic hydroxyl groups is 2. The van der Waals surface area contributed by atoms with Crippen molar-refractivity contribution in [2.45, 2.75) is 103 Å². The van der Waals surface area contributed by atoms with Crippen LogP contribution < -0.4 is 0 Å². The lowest BCUT2D eigenvalue weighted by molar-refractivity contribution is -0.169. The number of ketones is 1. The van der Waals surface area contributed by atoms with Gasteiger partial charge in [0.05, 0.1) is 6.10 Å². The van der Waals surface area contributed by atoms with Gasteiger partial charge >= 0.3 is 5.97 Å². The van der Waals surface area contributed by atoms with Gasteiger partial charge in [-0.25, -0.2) is 4.79 Å². The first-order chi connectivity index (χ1) is 13.7. The molecule has 0 aromatic carbocycles. The van der Waals surface area contributed by atoms with E-state index in [1.807, 2.05) is 0 Å². The summed E-state index contributed by atoms with van der Waals surface area (Å²) in [4.78, 5) is 23.2. The zero-order chi connectivity index (χ0) is 21.9. The van der Waals surface area contributed by atoms with Crippen LogP contribution in [0.2, 0.25) is 0 Å². The van der Waals surface area contributed by atoms with Gasteiger partial charge in [0.15, 0.2) is 5.60 Å². The molecule has 5 heteroatoms. The molecule has 5 nitrogen and oxygen atoms in total. The number of carboxylic acid groups (broad SMARTS) is 1. The van der Waals surface area contributed by atoms with Crippen molar-refractivity contribution in [2.75, 3.05) is 0 Å². The van der Waals surface area contributed by atoms with E-state index in [0.717, 1.165) is 39.0 Å². The van der Waals surface area contributed by atoms with E-state index in [0.29, 0.717) is 24.5 Å². The molecule has 1 rings (SSSR count). The van der Waals surface area contributed by atoms with Crippen LogP contribution in [0, 0.1) is 11.8 Å². The predicted octanol–water partition coefficient (Wildman–Crippen LogP) is 4.81. The molecule has 1 aliphatic rings. The number of carboxylic acids is 1. The number of carbonyl (C=O) groups is 2. The third kappa shape index (κ3) is 9.26. The molecule has 0 bridgehead atoms. The normalized spacial score (nSPS) is 22.6. The Balaban J connectivity index is 2.29. The van der Waals surface area contributed by atoms with Gasteiger partial charge in [0, 0.05) is 12.3 Å². The quantitative estimate of drug-likeness (QED) is 0.283. The second kappa shape index (κ2) is 13.0. The molecule has 1 aliphatic carbocycles. The highest BCUT2D eigenvalue weighted by Crippen LogP contribution is 2.34. The predicted molar refractivity (Wildman–Crippen MR) is 116 cm³/mol. The van der Waals surface area contributed by atoms with Crippen LogP contribution in [0.1, 0.15) is 91.4 Å². The number of hydrogen-bond donors (Lipinski definition) is 3. The number of aliphatic carboxylic acids is 1. The molecular formula is C24H40O5. The van der Waals surface area contributed by atoms with Crippen LogP contribution >= 0.6 is 0 Å². The molecule has 0 aliphatic heterocycles. The summed E-state index contributed by atoms with van der Waals surface area (Å²) >= 11 is 0. The molecule has 0 aromatic rings. The third-order valence-corrected chi connectivity index (χ3v) is 5.99. The highest BCUT2D eigenvalue weighted by Gasteiger charge is 2.38. The fourth-order valence-corrected chi connectivity index (χ4v) is 3.91. The summed E-state index contributed by atoms with van der Waals surface area (Å²) in [7, 11) is 0. The highest BCUT2D eigenvalue weighted by atomic mass is 16.4. The summed E-state index contributed by atoms with van der Waals surface area (Å²) < 4.78 is 0. The van der Waals surface area contributed by atoms with Gasteiger partial charge in [0.2, 0.25) is 0 Å². The highest BCUT2D eigenvalue weighted by molar-refractivity contribution is 5.83. The topological polar surface area (TPSA) is 94.8 Å². The van der Waals surface area contributed by atoms with Crippen molar-refractivity contribution < 1.29 is 24.9 Å². The van der Waals surface area contributed by atoms with Crippen molar-refractivity contribution in [3.05, 3.63) is 23.8 Å². The summed E-state index contributed by atoms with van der Waals surface area (Å²) in [5.74, 6) is -0.751. The van der Waals surface area contributed by atoms with Gasteiger partial charge in [-0.15, -0.1) is 0 Å². The Kier molecular flexibility index (Phi) is 11.4. The number of hydrogen-bond acceptors (Lipinski definition) is 4. The van der Waals surface area contributed by atoms with Gasteiger partial charge in [-0.3, -0.25) is 4.79 Å². The molecule has 1 fully saturated rings. The van der Waals surface area contributed by atoms with Crippen molar-refractivity contribution in [1.82, 2.24) is 0 Å². The number of carbonyl (C=O) groups excluding carboxylic acids is 1. The molecule has 3 N–H and O–H groups in total. The van der Waals surface area contributed by atoms with Crippen molar-refractivity contribution in [2.24, 2.45) is 11.8 Å². The van der Waals surface area contributed by atoms with Crippen LogP contribution in [-0.4, -0.2) is 38.8 Å². The van der Waals surface area contributed by atoms with E-state index in [1.54, 1.807) is 0 Å². The second-order valence-electron chi connectivity index (χ2n) is 8.88. The summed E-state index contributed by atoms with van der Waals surface area (Å²) in [5, 5.41) is 28.6. The van der Waals surface area contributed by atoms with Crippen molar-refractivity contribution in [1.29, 1.82) is 0 Å². The van der Waals surface area contributed by atoms with Crippen LogP contribution in [-0.2, 0) is 9.59 Å². The third-order valence-electron chi connectivity index (χ3n) is 5.99. The van der Waals surface area contributed by atoms with Gasteiger partial charge in [0.25, 0.3) is 0 Å². The number of Topliss-reactive ketones (excluding diaryl/α,β-unsaturated/α-hetero) is 1. The standard InChI is InChI=1S/C24H40O5/c1-18(2)12-8-6-4-5-7-9-13-19-16-17-21(25)20(19)14-10-11-15-22(26)24(3,29)23(27)28/h9,12-13,19-20,22,26,29H,4-8,10-11,14-17H2,1-3H3,(H,27,28)/b13-9+/t19-,20+,22?,24?/m0/s1. The maximum Gasteiger partial charge on any atom is 0.338 e. The van der Waals surface area contributed by atoms with Gasteiger partial charge < -0.3 is 15.3 Å². The van der Waals surface area contributed by atoms with Crippen LogP contribution in [0.3, 0.4) is 0 Å². The Labute approximate surface area is 175 Å². The molecule has 4 atom stereocenters. The first-order valence-electron chi connectivity index (χ1n) is 11.1. The molecule has 0 aromatic heterocycles. The Morgan fingerprint density at radius 3 is 2.52 bits per heavy atom. The molecule has 2 unspecified atom stereocenters. The minimum Gasteiger partial charge on any atom is -0.479 e. The smallest absolute Gasteiger partial charge is 0.338 e. The fourth-order valence-electron chi connectivity index (χ4n) is 3.91.